The number of nitrogens with zero attached hydrogens (tertiary/aromatic N) is 1. The highest BCUT2D eigenvalue weighted by atomic mass is 32.1. The summed E-state index contributed by atoms with van der Waals surface area (Å²) in [5.41, 5.74) is 0.776. The monoisotopic (exact) mass is 177 g/mol. The summed E-state index contributed by atoms with van der Waals surface area (Å²) in [6.07, 6.45) is 1.58. The number of rotatable bonds is 0. The van der Waals surface area contributed by atoms with Gasteiger partial charge < -0.3 is 0 Å². The van der Waals surface area contributed by atoms with E-state index in [1.807, 2.05) is 17.5 Å². The number of nitriles is 1. The third-order valence-electron chi connectivity index (χ3n) is 2.14. The molecule has 0 amide bonds. The number of carbonyl (C=O) groups excluding carboxylic acids is 1. The number of fused-ring (bicyclic) bond motifs is 1. The summed E-state index contributed by atoms with van der Waals surface area (Å²) >= 11 is 1.61. The Balaban J connectivity index is 2.43. The van der Waals surface area contributed by atoms with E-state index < -0.39 is 5.92 Å². The average Bonchev–Trinajstić information content (AvgIpc) is 2.53. The molecule has 0 bridgehead atoms. The zero-order valence-electron chi connectivity index (χ0n) is 6.41. The molecule has 1 atom stereocenters. The summed E-state index contributed by atoms with van der Waals surface area (Å²) in [5, 5.41) is 10.6. The second kappa shape index (κ2) is 2.72. The van der Waals surface area contributed by atoms with Gasteiger partial charge >= 0.3 is 0 Å². The zero-order valence-corrected chi connectivity index (χ0v) is 7.23. The lowest BCUT2D eigenvalue weighted by Crippen LogP contribution is -2.19. The molecule has 60 valence electrons. The molecule has 1 aromatic heterocycles. The summed E-state index contributed by atoms with van der Waals surface area (Å²) in [6.45, 7) is 0. The minimum Gasteiger partial charge on any atom is -0.293 e. The van der Waals surface area contributed by atoms with E-state index in [1.54, 1.807) is 11.3 Å². The summed E-state index contributed by atoms with van der Waals surface area (Å²) < 4.78 is 0. The van der Waals surface area contributed by atoms with E-state index in [9.17, 15) is 4.79 Å². The molecule has 0 radical (unpaired) electrons. The van der Waals surface area contributed by atoms with E-state index in [2.05, 4.69) is 0 Å². The van der Waals surface area contributed by atoms with Gasteiger partial charge in [-0.1, -0.05) is 0 Å². The van der Waals surface area contributed by atoms with Crippen molar-refractivity contribution in [2.75, 3.05) is 0 Å². The van der Waals surface area contributed by atoms with Crippen molar-refractivity contribution in [1.82, 2.24) is 0 Å². The van der Waals surface area contributed by atoms with Crippen LogP contribution in [0.3, 0.4) is 0 Å². The molecule has 2 rings (SSSR count). The third-order valence-corrected chi connectivity index (χ3v) is 3.12. The van der Waals surface area contributed by atoms with Crippen LogP contribution < -0.4 is 0 Å². The van der Waals surface area contributed by atoms with Crippen molar-refractivity contribution in [3.63, 3.8) is 0 Å². The highest BCUT2D eigenvalue weighted by Crippen LogP contribution is 2.28. The second-order valence-corrected chi connectivity index (χ2v) is 3.84. The van der Waals surface area contributed by atoms with Crippen LogP contribution in [0.4, 0.5) is 0 Å². The lowest BCUT2D eigenvalue weighted by Gasteiger charge is -2.13. The maximum atomic E-state index is 11.5. The molecule has 3 heteroatoms. The van der Waals surface area contributed by atoms with E-state index in [1.165, 1.54) is 0 Å². The van der Waals surface area contributed by atoms with Crippen LogP contribution in [0.15, 0.2) is 11.4 Å². The molecule has 0 aliphatic heterocycles. The Hall–Kier alpha value is -1.14. The van der Waals surface area contributed by atoms with E-state index in [0.29, 0.717) is 6.42 Å². The molecule has 1 aromatic rings. The van der Waals surface area contributed by atoms with Crippen LogP contribution in [0.25, 0.3) is 0 Å². The Morgan fingerprint density at radius 3 is 3.25 bits per heavy atom. The number of thiophene rings is 1. The molecule has 0 saturated carbocycles. The molecule has 1 heterocycles. The van der Waals surface area contributed by atoms with Gasteiger partial charge in [0.2, 0.25) is 0 Å². The molecule has 12 heavy (non-hydrogen) atoms. The molecular formula is C9H7NOS. The molecule has 2 nitrogen and oxygen atoms in total. The number of Topliss-reactive ketones (excluding diaryl/α,β-unsaturated/α-hetero) is 1. The minimum absolute atomic E-state index is 0.0139. The number of aryl methyl sites for hydroxylation is 1. The van der Waals surface area contributed by atoms with Crippen LogP contribution >= 0.6 is 11.3 Å². The fraction of sp³-hybridized carbons (Fsp3) is 0.333. The van der Waals surface area contributed by atoms with Gasteiger partial charge in [0.05, 0.1) is 6.07 Å². The first-order chi connectivity index (χ1) is 5.83. The Bertz CT molecular complexity index is 361. The first-order valence-electron chi connectivity index (χ1n) is 3.83. The van der Waals surface area contributed by atoms with Crippen molar-refractivity contribution in [3.05, 3.63) is 21.9 Å². The largest absolute Gasteiger partial charge is 0.293 e. The van der Waals surface area contributed by atoms with Gasteiger partial charge in [0.1, 0.15) is 5.92 Å². The minimum atomic E-state index is -0.396. The van der Waals surface area contributed by atoms with Crippen LogP contribution in [-0.4, -0.2) is 5.78 Å². The zero-order chi connectivity index (χ0) is 8.55. The van der Waals surface area contributed by atoms with Crippen molar-refractivity contribution >= 4 is 17.1 Å². The topological polar surface area (TPSA) is 40.9 Å². The Labute approximate surface area is 74.4 Å². The second-order valence-electron chi connectivity index (χ2n) is 2.84. The molecule has 0 aromatic carbocycles. The van der Waals surface area contributed by atoms with Gasteiger partial charge in [-0.25, -0.2) is 0 Å². The van der Waals surface area contributed by atoms with Crippen LogP contribution in [0.1, 0.15) is 21.7 Å². The number of hydrogen-bond donors (Lipinski definition) is 0. The van der Waals surface area contributed by atoms with Crippen LogP contribution in [0.5, 0.6) is 0 Å². The fourth-order valence-corrected chi connectivity index (χ4v) is 2.37. The molecule has 0 spiro atoms. The van der Waals surface area contributed by atoms with E-state index in [-0.39, 0.29) is 5.78 Å². The van der Waals surface area contributed by atoms with Gasteiger partial charge in [-0.3, -0.25) is 4.79 Å². The number of ketones is 1. The molecular weight excluding hydrogens is 170 g/mol. The molecule has 1 aliphatic carbocycles. The third kappa shape index (κ3) is 0.961. The quantitative estimate of drug-likeness (QED) is 0.608. The summed E-state index contributed by atoms with van der Waals surface area (Å²) in [4.78, 5) is 12.6. The van der Waals surface area contributed by atoms with Gasteiger partial charge in [-0.2, -0.15) is 5.26 Å². The van der Waals surface area contributed by atoms with E-state index in [4.69, 9.17) is 5.26 Å². The van der Waals surface area contributed by atoms with Gasteiger partial charge in [0.15, 0.2) is 5.78 Å². The molecule has 1 aliphatic rings. The first-order valence-corrected chi connectivity index (χ1v) is 4.71. The van der Waals surface area contributed by atoms with Crippen molar-refractivity contribution in [2.45, 2.75) is 12.8 Å². The van der Waals surface area contributed by atoms with Crippen molar-refractivity contribution in [3.8, 4) is 6.07 Å². The summed E-state index contributed by atoms with van der Waals surface area (Å²) in [5.74, 6) is -0.382. The Morgan fingerprint density at radius 1 is 1.67 bits per heavy atom. The predicted molar refractivity (Wildman–Crippen MR) is 46.1 cm³/mol. The SMILES string of the molecule is N#CC1CCc2sccc2C1=O. The lowest BCUT2D eigenvalue weighted by atomic mass is 9.88. The predicted octanol–water partition coefficient (Wildman–Crippen LogP) is 2.02. The van der Waals surface area contributed by atoms with Crippen molar-refractivity contribution in [1.29, 1.82) is 5.26 Å². The normalized spacial score (nSPS) is 21.6. The van der Waals surface area contributed by atoms with Gasteiger partial charge in [-0.05, 0) is 24.3 Å². The van der Waals surface area contributed by atoms with Gasteiger partial charge in [0, 0.05) is 10.4 Å². The van der Waals surface area contributed by atoms with E-state index in [0.717, 1.165) is 16.9 Å². The average molecular weight is 177 g/mol. The standard InChI is InChI=1S/C9H7NOS/c10-5-6-1-2-8-7(9(6)11)3-4-12-8/h3-4,6H,1-2H2. The highest BCUT2D eigenvalue weighted by Gasteiger charge is 2.27. The van der Waals surface area contributed by atoms with Gasteiger partial charge in [0.25, 0.3) is 0 Å². The number of hydrogen-bond acceptors (Lipinski definition) is 3. The van der Waals surface area contributed by atoms with E-state index >= 15 is 0 Å². The van der Waals surface area contributed by atoms with Crippen LogP contribution in [0.2, 0.25) is 0 Å². The smallest absolute Gasteiger partial charge is 0.181 e. The van der Waals surface area contributed by atoms with Gasteiger partial charge in [-0.15, -0.1) is 11.3 Å². The lowest BCUT2D eigenvalue weighted by molar-refractivity contribution is 0.0936. The molecule has 0 fully saturated rings. The molecule has 0 N–H and O–H groups in total. The maximum Gasteiger partial charge on any atom is 0.181 e. The maximum absolute atomic E-state index is 11.5. The highest BCUT2D eigenvalue weighted by molar-refractivity contribution is 7.10. The van der Waals surface area contributed by atoms with Crippen LogP contribution in [0, 0.1) is 17.2 Å². The Kier molecular flexibility index (Phi) is 1.70. The van der Waals surface area contributed by atoms with Crippen LogP contribution in [-0.2, 0) is 6.42 Å². The Morgan fingerprint density at radius 2 is 2.50 bits per heavy atom. The number of carbonyl (C=O) groups is 1. The first kappa shape index (κ1) is 7.51. The summed E-state index contributed by atoms with van der Waals surface area (Å²) in [7, 11) is 0. The van der Waals surface area contributed by atoms with Crippen molar-refractivity contribution < 1.29 is 4.79 Å². The summed E-state index contributed by atoms with van der Waals surface area (Å²) in [6, 6.07) is 3.86. The molecule has 0 saturated heterocycles. The fourth-order valence-electron chi connectivity index (χ4n) is 1.47. The molecule has 1 unspecified atom stereocenters. The van der Waals surface area contributed by atoms with Crippen molar-refractivity contribution in [2.24, 2.45) is 5.92 Å².